The maximum Gasteiger partial charge on any atom is 0.228 e. The van der Waals surface area contributed by atoms with Gasteiger partial charge in [0.25, 0.3) is 0 Å². The number of anilines is 2. The average molecular weight is 383 g/mol. The molecule has 3 aliphatic rings. The van der Waals surface area contributed by atoms with E-state index in [1.165, 1.54) is 12.8 Å². The zero-order valence-electron chi connectivity index (χ0n) is 16.7. The molecule has 2 fully saturated rings. The molecule has 1 aromatic rings. The topological polar surface area (TPSA) is 60.9 Å². The van der Waals surface area contributed by atoms with Gasteiger partial charge in [-0.3, -0.25) is 14.4 Å². The van der Waals surface area contributed by atoms with Crippen LogP contribution < -0.4 is 9.80 Å². The van der Waals surface area contributed by atoms with E-state index in [-0.39, 0.29) is 23.6 Å². The fourth-order valence-corrected chi connectivity index (χ4v) is 4.68. The second kappa shape index (κ2) is 7.94. The molecule has 0 saturated carbocycles. The van der Waals surface area contributed by atoms with Crippen LogP contribution in [0.3, 0.4) is 0 Å². The van der Waals surface area contributed by atoms with Crippen molar-refractivity contribution in [3.8, 4) is 0 Å². The monoisotopic (exact) mass is 383 g/mol. The van der Waals surface area contributed by atoms with Gasteiger partial charge in [0.15, 0.2) is 0 Å². The standard InChI is InChI=1S/C22H29N3O3/c1-2-20(26)24-12-9-16-13-18(7-8-19(16)24)25-15-17(14-21(25)27)22(28)23-10-5-3-4-6-11-23/h7-8,13,17H,2-6,9-12,14-15H2,1H3. The smallest absolute Gasteiger partial charge is 0.228 e. The highest BCUT2D eigenvalue weighted by molar-refractivity contribution is 6.01. The molecule has 1 atom stereocenters. The van der Waals surface area contributed by atoms with E-state index >= 15 is 0 Å². The summed E-state index contributed by atoms with van der Waals surface area (Å²) in [5.41, 5.74) is 2.91. The molecule has 3 aliphatic heterocycles. The Morgan fingerprint density at radius 3 is 2.54 bits per heavy atom. The number of benzene rings is 1. The van der Waals surface area contributed by atoms with Crippen molar-refractivity contribution in [2.45, 2.75) is 51.9 Å². The highest BCUT2D eigenvalue weighted by atomic mass is 16.2. The molecule has 2 saturated heterocycles. The normalized spacial score (nSPS) is 22.4. The lowest BCUT2D eigenvalue weighted by Gasteiger charge is -2.24. The lowest BCUT2D eigenvalue weighted by atomic mass is 10.1. The van der Waals surface area contributed by atoms with Gasteiger partial charge in [0.05, 0.1) is 5.92 Å². The molecule has 1 unspecified atom stereocenters. The molecule has 28 heavy (non-hydrogen) atoms. The van der Waals surface area contributed by atoms with Crippen molar-refractivity contribution < 1.29 is 14.4 Å². The number of rotatable bonds is 3. The number of likely N-dealkylation sites (tertiary alicyclic amines) is 1. The van der Waals surface area contributed by atoms with Crippen molar-refractivity contribution in [1.29, 1.82) is 0 Å². The zero-order valence-corrected chi connectivity index (χ0v) is 16.7. The number of nitrogens with zero attached hydrogens (tertiary/aromatic N) is 3. The molecule has 0 N–H and O–H groups in total. The van der Waals surface area contributed by atoms with Gasteiger partial charge in [-0.1, -0.05) is 19.8 Å². The minimum Gasteiger partial charge on any atom is -0.342 e. The van der Waals surface area contributed by atoms with Crippen LogP contribution in [0, 0.1) is 5.92 Å². The number of fused-ring (bicyclic) bond motifs is 1. The molecule has 0 radical (unpaired) electrons. The molecule has 0 aliphatic carbocycles. The highest BCUT2D eigenvalue weighted by Crippen LogP contribution is 2.34. The van der Waals surface area contributed by atoms with Crippen LogP contribution in [-0.2, 0) is 20.8 Å². The Labute approximate surface area is 166 Å². The molecule has 1 aromatic carbocycles. The first-order valence-electron chi connectivity index (χ1n) is 10.6. The highest BCUT2D eigenvalue weighted by Gasteiger charge is 2.37. The summed E-state index contributed by atoms with van der Waals surface area (Å²) < 4.78 is 0. The van der Waals surface area contributed by atoms with Gasteiger partial charge in [0, 0.05) is 50.4 Å². The Hall–Kier alpha value is -2.37. The van der Waals surface area contributed by atoms with Crippen molar-refractivity contribution in [1.82, 2.24) is 4.90 Å². The Kier molecular flexibility index (Phi) is 5.38. The third kappa shape index (κ3) is 3.52. The summed E-state index contributed by atoms with van der Waals surface area (Å²) in [5, 5.41) is 0. The van der Waals surface area contributed by atoms with Crippen LogP contribution in [0.1, 0.15) is 51.0 Å². The molecule has 0 spiro atoms. The molecule has 3 heterocycles. The van der Waals surface area contributed by atoms with Crippen molar-refractivity contribution in [3.05, 3.63) is 23.8 Å². The lowest BCUT2D eigenvalue weighted by Crippen LogP contribution is -2.38. The van der Waals surface area contributed by atoms with Crippen LogP contribution in [0.25, 0.3) is 0 Å². The predicted octanol–water partition coefficient (Wildman–Crippen LogP) is 2.74. The number of amides is 3. The third-order valence-corrected chi connectivity index (χ3v) is 6.27. The fraction of sp³-hybridized carbons (Fsp3) is 0.591. The van der Waals surface area contributed by atoms with Gasteiger partial charge < -0.3 is 14.7 Å². The van der Waals surface area contributed by atoms with Crippen LogP contribution in [0.2, 0.25) is 0 Å². The van der Waals surface area contributed by atoms with Crippen LogP contribution in [-0.4, -0.2) is 48.8 Å². The lowest BCUT2D eigenvalue weighted by molar-refractivity contribution is -0.135. The van der Waals surface area contributed by atoms with E-state index < -0.39 is 0 Å². The first kappa shape index (κ1) is 19.0. The Balaban J connectivity index is 1.47. The summed E-state index contributed by atoms with van der Waals surface area (Å²) in [6, 6.07) is 5.88. The molecular weight excluding hydrogens is 354 g/mol. The summed E-state index contributed by atoms with van der Waals surface area (Å²) >= 11 is 0. The minimum absolute atomic E-state index is 0.0209. The van der Waals surface area contributed by atoms with E-state index in [1.54, 1.807) is 4.90 Å². The first-order chi connectivity index (χ1) is 13.6. The van der Waals surface area contributed by atoms with E-state index in [9.17, 15) is 14.4 Å². The molecule has 6 nitrogen and oxygen atoms in total. The average Bonchev–Trinajstić information content (AvgIpc) is 3.19. The number of hydrogen-bond donors (Lipinski definition) is 0. The van der Waals surface area contributed by atoms with Gasteiger partial charge in [-0.15, -0.1) is 0 Å². The Morgan fingerprint density at radius 1 is 1.07 bits per heavy atom. The van der Waals surface area contributed by atoms with Crippen molar-refractivity contribution in [2.24, 2.45) is 5.92 Å². The molecule has 0 bridgehead atoms. The summed E-state index contributed by atoms with van der Waals surface area (Å²) in [7, 11) is 0. The van der Waals surface area contributed by atoms with Gasteiger partial charge in [0.2, 0.25) is 17.7 Å². The Morgan fingerprint density at radius 2 is 1.82 bits per heavy atom. The van der Waals surface area contributed by atoms with E-state index in [4.69, 9.17) is 0 Å². The van der Waals surface area contributed by atoms with Gasteiger partial charge >= 0.3 is 0 Å². The van der Waals surface area contributed by atoms with Crippen LogP contribution >= 0.6 is 0 Å². The summed E-state index contributed by atoms with van der Waals surface area (Å²) in [5.74, 6) is 0.0510. The van der Waals surface area contributed by atoms with Crippen LogP contribution in [0.5, 0.6) is 0 Å². The van der Waals surface area contributed by atoms with Gasteiger partial charge in [-0.25, -0.2) is 0 Å². The predicted molar refractivity (Wildman–Crippen MR) is 108 cm³/mol. The SMILES string of the molecule is CCC(=O)N1CCc2cc(N3CC(C(=O)N4CCCCCC4)CC3=O)ccc21. The molecule has 0 aromatic heterocycles. The van der Waals surface area contributed by atoms with E-state index in [2.05, 4.69) is 0 Å². The number of carbonyl (C=O) groups is 3. The quantitative estimate of drug-likeness (QED) is 0.806. The minimum atomic E-state index is -0.239. The van der Waals surface area contributed by atoms with E-state index in [0.29, 0.717) is 25.9 Å². The van der Waals surface area contributed by atoms with Crippen molar-refractivity contribution >= 4 is 29.1 Å². The zero-order chi connectivity index (χ0) is 19.7. The summed E-state index contributed by atoms with van der Waals surface area (Å²) in [4.78, 5) is 43.2. The molecule has 150 valence electrons. The van der Waals surface area contributed by atoms with Gasteiger partial charge in [-0.2, -0.15) is 0 Å². The van der Waals surface area contributed by atoms with Crippen LogP contribution in [0.4, 0.5) is 11.4 Å². The number of hydrogen-bond acceptors (Lipinski definition) is 3. The van der Waals surface area contributed by atoms with E-state index in [1.807, 2.05) is 34.9 Å². The largest absolute Gasteiger partial charge is 0.342 e. The third-order valence-electron chi connectivity index (χ3n) is 6.27. The summed E-state index contributed by atoms with van der Waals surface area (Å²) in [6.45, 7) is 4.69. The molecule has 4 rings (SSSR count). The van der Waals surface area contributed by atoms with Crippen molar-refractivity contribution in [2.75, 3.05) is 36.0 Å². The second-order valence-corrected chi connectivity index (χ2v) is 8.11. The molecular formula is C22H29N3O3. The molecule has 3 amide bonds. The van der Waals surface area contributed by atoms with E-state index in [0.717, 1.165) is 49.3 Å². The first-order valence-corrected chi connectivity index (χ1v) is 10.6. The van der Waals surface area contributed by atoms with Gasteiger partial charge in [-0.05, 0) is 43.0 Å². The number of carbonyl (C=O) groups excluding carboxylic acids is 3. The van der Waals surface area contributed by atoms with Crippen LogP contribution in [0.15, 0.2) is 18.2 Å². The van der Waals surface area contributed by atoms with Gasteiger partial charge in [0.1, 0.15) is 0 Å². The summed E-state index contributed by atoms with van der Waals surface area (Å²) in [6.07, 6.45) is 6.10. The second-order valence-electron chi connectivity index (χ2n) is 8.11. The molecule has 6 heteroatoms. The maximum absolute atomic E-state index is 12.9. The fourth-order valence-electron chi connectivity index (χ4n) is 4.68. The Bertz CT molecular complexity index is 783. The maximum atomic E-state index is 12.9. The van der Waals surface area contributed by atoms with Crippen molar-refractivity contribution in [3.63, 3.8) is 0 Å².